The smallest absolute Gasteiger partial charge is 0.822 e. The number of hydrogen-bond acceptors (Lipinski definition) is 41. The molecule has 70 heteroatoms. The van der Waals surface area contributed by atoms with Gasteiger partial charge in [-0.25, -0.2) is 0 Å². The van der Waals surface area contributed by atoms with Crippen molar-refractivity contribution in [2.45, 2.75) is 0 Å². The largest absolute Gasteiger partial charge is 2.00 e. The molecular weight excluding hydrogens is 1650 g/mol. The molecule has 0 aromatic heterocycles. The van der Waals surface area contributed by atoms with E-state index in [1.54, 1.807) is 0 Å². The first kappa shape index (κ1) is 174. The Morgan fingerprint density at radius 1 is 0.143 bits per heavy atom. The van der Waals surface area contributed by atoms with Crippen LogP contribution in [0.1, 0.15) is 0 Å². The van der Waals surface area contributed by atoms with E-state index in [0.29, 0.717) is 0 Å². The minimum absolute atomic E-state index is 0. The molecule has 0 heterocycles. The first-order valence-corrected chi connectivity index (χ1v) is 24.3. The molecule has 44 nitrogen and oxygen atoms in total. The monoisotopic (exact) mass is 1650 g/mol. The molecule has 0 unspecified atom stereocenters. The second-order valence-corrected chi connectivity index (χ2v) is 15.0. The van der Waals surface area contributed by atoms with E-state index in [9.17, 15) is 0 Å². The Hall–Kier alpha value is 20.1. The molecule has 0 rings (SSSR count). The van der Waals surface area contributed by atoms with E-state index in [-0.39, 0.29) is 566 Å². The summed E-state index contributed by atoms with van der Waals surface area (Å²) in [6, 6.07) is 0. The molecule has 0 aliphatic rings. The number of phosphoric acid groups is 11. The third-order valence-corrected chi connectivity index (χ3v) is 0. The topological polar surface area (TPSA) is 940 Å². The van der Waals surface area contributed by atoms with Gasteiger partial charge in [-0.15, -0.1) is 0 Å². The summed E-state index contributed by atoms with van der Waals surface area (Å²) in [7, 11) is -58.5. The van der Waals surface area contributed by atoms with Gasteiger partial charge < -0.3 is 212 Å². The van der Waals surface area contributed by atoms with E-state index in [4.69, 9.17) is 212 Å². The summed E-state index contributed by atoms with van der Waals surface area (Å²) in [5.41, 5.74) is 0. The van der Waals surface area contributed by atoms with Crippen LogP contribution in [0, 0.1) is 0 Å². The van der Waals surface area contributed by atoms with E-state index in [1.807, 2.05) is 0 Å². The van der Waals surface area contributed by atoms with Crippen molar-refractivity contribution >= 4 is 652 Å². The maximum Gasteiger partial charge on any atom is 2.00 e. The van der Waals surface area contributed by atoms with E-state index in [2.05, 4.69) is 0 Å². The third kappa shape index (κ3) is 1650. The summed E-state index contributed by atoms with van der Waals surface area (Å²) in [5, 5.41) is 0. The molecule has 0 aliphatic carbocycles. The van der Waals surface area contributed by atoms with Crippen LogP contribution in [0.3, 0.4) is 0 Å². The fourth-order valence-corrected chi connectivity index (χ4v) is 0. The van der Waals surface area contributed by atoms with Crippen LogP contribution in [0.4, 0.5) is 0 Å². The first-order chi connectivity index (χ1) is 22.0. The molecule has 0 aliphatic heterocycles. The number of hydrogen-bond donors (Lipinski definition) is 3. The average molecular weight is 1650 g/mol. The van der Waals surface area contributed by atoms with Gasteiger partial charge >= 0.3 is 566 Å². The van der Waals surface area contributed by atoms with Crippen molar-refractivity contribution in [3.63, 3.8) is 0 Å². The third-order valence-electron chi connectivity index (χ3n) is 0. The normalized spacial score (nSPS) is 9.27. The van der Waals surface area contributed by atoms with Crippen molar-refractivity contribution in [2.24, 2.45) is 0 Å². The maximum atomic E-state index is 8.66. The Kier molecular flexibility index (Phi) is 232. The van der Waals surface area contributed by atoms with Gasteiger partial charge in [-0.1, -0.05) is 0 Å². The van der Waals surface area contributed by atoms with Crippen LogP contribution >= 0.6 is 86.0 Å². The van der Waals surface area contributed by atoms with Crippen LogP contribution in [0.15, 0.2) is 0 Å². The molecule has 0 bridgehead atoms. The van der Waals surface area contributed by atoms with Crippen molar-refractivity contribution in [1.82, 2.24) is 0 Å². The van der Waals surface area contributed by atoms with Crippen molar-refractivity contribution in [3.8, 4) is 0 Å². The summed E-state index contributed by atoms with van der Waals surface area (Å²) >= 11 is 0. The zero-order valence-corrected chi connectivity index (χ0v) is 76.6. The Balaban J connectivity index is -0.0000000124. The zero-order chi connectivity index (χ0) is 49.5. The second kappa shape index (κ2) is 93.3. The molecule has 0 radical (unpaired) electrons. The van der Waals surface area contributed by atoms with Crippen molar-refractivity contribution in [2.75, 3.05) is 0 Å². The van der Waals surface area contributed by atoms with Gasteiger partial charge in [-0.3, -0.25) is 0 Å². The predicted octanol–water partition coefficient (Wildman–Crippen LogP) is -34.9. The average Bonchev–Trinajstić information content (AvgIpc) is 2.41. The molecule has 70 heavy (non-hydrogen) atoms. The van der Waals surface area contributed by atoms with Crippen molar-refractivity contribution in [3.05, 3.63) is 0 Å². The van der Waals surface area contributed by atoms with Crippen molar-refractivity contribution < 1.29 is 212 Å². The van der Waals surface area contributed by atoms with Crippen molar-refractivity contribution in [1.29, 1.82) is 0 Å². The van der Waals surface area contributed by atoms with Crippen LogP contribution in [-0.4, -0.2) is 581 Å². The van der Waals surface area contributed by atoms with Crippen LogP contribution in [0.25, 0.3) is 0 Å². The Morgan fingerprint density at radius 2 is 0.143 bits per heavy atom. The fourth-order valence-electron chi connectivity index (χ4n) is 0. The molecule has 0 spiro atoms. The van der Waals surface area contributed by atoms with Gasteiger partial charge in [0.2, 0.25) is 0 Å². The molecule has 0 saturated carbocycles. The maximum absolute atomic E-state index is 8.66. The SMILES string of the molecule is O=P([O-])([O-])O.O=P([O-])([O-])O.O=P([O-])([O-])O.O=P([O-])([O-])[O-].O=P([O-])([O-])[O-].O=P([O-])([O-])[O-].O=P([O-])([O-])[O-].O=P([O-])([O-])[O-].O=P([O-])([O-])[O-].O=P([O-])([O-])[O-].O=P([O-])([O-])[O-].[Ca+2].[Ca+2].[Ca+2].[Ca+2].[Ca+2].[Ca+2].[Ca+2].[Ca+2].[Ca+2].[Ca+2].[Ca+2].[Ca+2].[Ca+2].[Ca+2].[Ca+2]. The standard InChI is InChI=1S/15Ca.11H3O4P/c;;;;;;;;;;;;;;;11*1-5(2,3)4/h;;;;;;;;;;;;;;;11*(H3,1,2,3,4)/q15*+2;;;;;;;;;;;/p-30. The summed E-state index contributed by atoms with van der Waals surface area (Å²) in [6.45, 7) is 0. The minimum Gasteiger partial charge on any atom is -0.822 e. The van der Waals surface area contributed by atoms with Gasteiger partial charge in [0.1, 0.15) is 0 Å². The van der Waals surface area contributed by atoms with Gasteiger partial charge in [-0.05, 0) is 0 Å². The Bertz CT molecular complexity index is 981. The van der Waals surface area contributed by atoms with E-state index in [0.717, 1.165) is 0 Å². The van der Waals surface area contributed by atoms with Crippen LogP contribution < -0.4 is 147 Å². The fraction of sp³-hybridized carbons (Fsp3) is 0. The minimum atomic E-state index is -5.39. The first-order valence-electron chi connectivity index (χ1n) is 8.09. The molecular formula is H3Ca15O44P11. The van der Waals surface area contributed by atoms with E-state index in [1.165, 1.54) is 0 Å². The van der Waals surface area contributed by atoms with Crippen LogP contribution in [0.5, 0.6) is 0 Å². The van der Waals surface area contributed by atoms with E-state index >= 15 is 0 Å². The zero-order valence-electron chi connectivity index (χ0n) is 33.6. The molecule has 0 amide bonds. The molecule has 3 N–H and O–H groups in total. The van der Waals surface area contributed by atoms with Gasteiger partial charge in [0.05, 0.1) is 23.5 Å². The molecule has 0 aromatic rings. The summed E-state index contributed by atoms with van der Waals surface area (Å²) in [4.78, 5) is 278. The second-order valence-electron chi connectivity index (χ2n) is 4.98. The Morgan fingerprint density at radius 3 is 0.143 bits per heavy atom. The number of rotatable bonds is 0. The Labute approximate surface area is 839 Å². The predicted molar refractivity (Wildman–Crippen MR) is 177 cm³/mol. The molecule has 0 aromatic carbocycles. The summed E-state index contributed by atoms with van der Waals surface area (Å²) in [5.74, 6) is 0. The molecule has 0 saturated heterocycles. The van der Waals surface area contributed by atoms with Gasteiger partial charge in [0.25, 0.3) is 0 Å². The molecule has 0 fully saturated rings. The van der Waals surface area contributed by atoms with Gasteiger partial charge in [0.15, 0.2) is 0 Å². The van der Waals surface area contributed by atoms with Crippen LogP contribution in [0.2, 0.25) is 0 Å². The van der Waals surface area contributed by atoms with E-state index < -0.39 is 86.0 Å². The molecule has 352 valence electrons. The molecule has 0 atom stereocenters. The quantitative estimate of drug-likeness (QED) is 0.150. The van der Waals surface area contributed by atoms with Gasteiger partial charge in [0, 0.05) is 0 Å². The summed E-state index contributed by atoms with van der Waals surface area (Å²) < 4.78 is 94.4. The van der Waals surface area contributed by atoms with Gasteiger partial charge in [-0.2, -0.15) is 62.6 Å². The van der Waals surface area contributed by atoms with Crippen LogP contribution in [-0.2, 0) is 50.2 Å². The summed E-state index contributed by atoms with van der Waals surface area (Å²) in [6.07, 6.45) is 0.